The molecule has 0 aliphatic carbocycles. The standard InChI is InChI=1S/C27H18ClN5OS2/c28-25-19(15-18-9-7-8-14-22(18)31-25)16-30-32-26(34)24-23(17-29-20-10-3-1-4-11-20)33(27(35)36-24)21-12-5-2-6-13-21/h1-17H,(H,32,34)/b29-17?,30-16+. The molecule has 1 N–H and O–H groups in total. The summed E-state index contributed by atoms with van der Waals surface area (Å²) in [5.74, 6) is -0.406. The summed E-state index contributed by atoms with van der Waals surface area (Å²) in [6, 6.07) is 28.6. The fourth-order valence-corrected chi connectivity index (χ4v) is 5.05. The number of thiazole rings is 1. The van der Waals surface area contributed by atoms with Crippen LogP contribution >= 0.6 is 35.2 Å². The molecule has 0 saturated heterocycles. The lowest BCUT2D eigenvalue weighted by atomic mass is 10.2. The molecule has 2 aromatic heterocycles. The van der Waals surface area contributed by atoms with Crippen molar-refractivity contribution >= 4 is 70.1 Å². The predicted molar refractivity (Wildman–Crippen MR) is 150 cm³/mol. The monoisotopic (exact) mass is 527 g/mol. The molecule has 0 aliphatic heterocycles. The van der Waals surface area contributed by atoms with Crippen LogP contribution in [0.5, 0.6) is 0 Å². The molecule has 0 radical (unpaired) electrons. The number of hydrogen-bond acceptors (Lipinski definition) is 6. The number of hydrazone groups is 1. The zero-order valence-electron chi connectivity index (χ0n) is 18.7. The number of fused-ring (bicyclic) bond motifs is 1. The molecular formula is C27H18ClN5OS2. The van der Waals surface area contributed by atoms with Crippen LogP contribution in [0.25, 0.3) is 16.6 Å². The molecule has 2 heterocycles. The second-order valence-electron chi connectivity index (χ2n) is 7.61. The fourth-order valence-electron chi connectivity index (χ4n) is 3.55. The Bertz CT molecular complexity index is 1660. The zero-order valence-corrected chi connectivity index (χ0v) is 21.1. The Morgan fingerprint density at radius 3 is 2.44 bits per heavy atom. The van der Waals surface area contributed by atoms with Gasteiger partial charge in [-0.15, -0.1) is 0 Å². The van der Waals surface area contributed by atoms with Gasteiger partial charge < -0.3 is 0 Å². The number of hydrogen-bond donors (Lipinski definition) is 1. The molecular weight excluding hydrogens is 510 g/mol. The van der Waals surface area contributed by atoms with Gasteiger partial charge in [-0.1, -0.05) is 77.5 Å². The van der Waals surface area contributed by atoms with Crippen molar-refractivity contribution in [1.29, 1.82) is 0 Å². The van der Waals surface area contributed by atoms with Gasteiger partial charge in [0.1, 0.15) is 10.0 Å². The van der Waals surface area contributed by atoms with Gasteiger partial charge in [-0.25, -0.2) is 10.4 Å². The average Bonchev–Trinajstić information content (AvgIpc) is 3.24. The van der Waals surface area contributed by atoms with Crippen LogP contribution in [0.15, 0.2) is 101 Å². The van der Waals surface area contributed by atoms with Crippen LogP contribution in [0.3, 0.4) is 0 Å². The number of para-hydroxylation sites is 3. The molecule has 176 valence electrons. The smallest absolute Gasteiger partial charge is 0.283 e. The van der Waals surface area contributed by atoms with Gasteiger partial charge in [0.2, 0.25) is 0 Å². The van der Waals surface area contributed by atoms with Crippen molar-refractivity contribution in [3.05, 3.63) is 116 Å². The number of nitrogens with zero attached hydrogens (tertiary/aromatic N) is 4. The van der Waals surface area contributed by atoms with E-state index in [9.17, 15) is 4.79 Å². The Kier molecular flexibility index (Phi) is 7.08. The fraction of sp³-hybridized carbons (Fsp3) is 0. The van der Waals surface area contributed by atoms with Gasteiger partial charge in [0.25, 0.3) is 5.91 Å². The molecule has 0 unspecified atom stereocenters. The van der Waals surface area contributed by atoms with Crippen LogP contribution in [0.1, 0.15) is 20.9 Å². The molecule has 3 aromatic carbocycles. The lowest BCUT2D eigenvalue weighted by Gasteiger charge is -2.07. The lowest BCUT2D eigenvalue weighted by Crippen LogP contribution is -2.18. The second-order valence-corrected chi connectivity index (χ2v) is 9.61. The Labute approximate surface area is 221 Å². The maximum atomic E-state index is 13.2. The minimum Gasteiger partial charge on any atom is -0.290 e. The SMILES string of the molecule is O=C(N/N=C/c1cc2ccccc2nc1Cl)c1sc(=S)n(-c2ccccc2)c1C=Nc1ccccc1. The first-order valence-corrected chi connectivity index (χ1v) is 12.5. The van der Waals surface area contributed by atoms with Crippen molar-refractivity contribution in [3.63, 3.8) is 0 Å². The van der Waals surface area contributed by atoms with E-state index in [1.54, 1.807) is 6.21 Å². The first kappa shape index (κ1) is 23.7. The van der Waals surface area contributed by atoms with E-state index in [1.807, 2.05) is 95.6 Å². The minimum atomic E-state index is -0.406. The number of benzene rings is 3. The lowest BCUT2D eigenvalue weighted by molar-refractivity contribution is 0.0958. The summed E-state index contributed by atoms with van der Waals surface area (Å²) in [5, 5.41) is 5.35. The molecule has 0 spiro atoms. The quantitative estimate of drug-likeness (QED) is 0.112. The number of amides is 1. The molecule has 0 bridgehead atoms. The third-order valence-corrected chi connectivity index (χ3v) is 6.92. The summed E-state index contributed by atoms with van der Waals surface area (Å²) < 4.78 is 2.35. The Balaban J connectivity index is 1.47. The van der Waals surface area contributed by atoms with E-state index in [0.717, 1.165) is 22.3 Å². The van der Waals surface area contributed by atoms with Crippen LogP contribution in [0, 0.1) is 3.95 Å². The van der Waals surface area contributed by atoms with E-state index >= 15 is 0 Å². The molecule has 6 nitrogen and oxygen atoms in total. The highest BCUT2D eigenvalue weighted by atomic mass is 35.5. The molecule has 36 heavy (non-hydrogen) atoms. The summed E-state index contributed by atoms with van der Waals surface area (Å²) in [4.78, 5) is 22.5. The topological polar surface area (TPSA) is 71.6 Å². The second kappa shape index (κ2) is 10.7. The minimum absolute atomic E-state index is 0.299. The van der Waals surface area contributed by atoms with Gasteiger partial charge >= 0.3 is 0 Å². The largest absolute Gasteiger partial charge is 0.290 e. The number of nitrogens with one attached hydrogen (secondary N) is 1. The number of carbonyl (C=O) groups is 1. The normalized spacial score (nSPS) is 11.5. The van der Waals surface area contributed by atoms with E-state index in [1.165, 1.54) is 17.6 Å². The summed E-state index contributed by atoms with van der Waals surface area (Å²) in [7, 11) is 0. The van der Waals surface area contributed by atoms with Crippen LogP contribution in [-0.2, 0) is 0 Å². The van der Waals surface area contributed by atoms with E-state index in [0.29, 0.717) is 25.2 Å². The molecule has 0 atom stereocenters. The van der Waals surface area contributed by atoms with Gasteiger partial charge in [0.15, 0.2) is 3.95 Å². The molecule has 1 amide bonds. The van der Waals surface area contributed by atoms with E-state index < -0.39 is 5.91 Å². The highest BCUT2D eigenvalue weighted by Gasteiger charge is 2.19. The number of aromatic nitrogens is 2. The number of halogens is 1. The predicted octanol–water partition coefficient (Wildman–Crippen LogP) is 6.98. The first-order valence-electron chi connectivity index (χ1n) is 10.9. The molecule has 5 rings (SSSR count). The summed E-state index contributed by atoms with van der Waals surface area (Å²) in [6.45, 7) is 0. The molecule has 0 aliphatic rings. The third kappa shape index (κ3) is 5.16. The number of carbonyl (C=O) groups excluding carboxylic acids is 1. The van der Waals surface area contributed by atoms with Gasteiger partial charge in [-0.2, -0.15) is 5.10 Å². The van der Waals surface area contributed by atoms with Gasteiger partial charge in [-0.3, -0.25) is 14.4 Å². The van der Waals surface area contributed by atoms with Crippen molar-refractivity contribution in [3.8, 4) is 5.69 Å². The summed E-state index contributed by atoms with van der Waals surface area (Å²) >= 11 is 13.1. The van der Waals surface area contributed by atoms with Crippen molar-refractivity contribution in [2.45, 2.75) is 0 Å². The molecule has 9 heteroatoms. The van der Waals surface area contributed by atoms with Crippen LogP contribution in [0.2, 0.25) is 5.15 Å². The highest BCUT2D eigenvalue weighted by molar-refractivity contribution is 7.73. The molecule has 0 saturated carbocycles. The molecule has 5 aromatic rings. The number of aliphatic imine (C=N–C) groups is 1. The highest BCUT2D eigenvalue weighted by Crippen LogP contribution is 2.24. The van der Waals surface area contributed by atoms with Crippen molar-refractivity contribution in [2.75, 3.05) is 0 Å². The summed E-state index contributed by atoms with van der Waals surface area (Å²) in [6.07, 6.45) is 3.13. The first-order chi connectivity index (χ1) is 17.6. The number of pyridine rings is 1. The van der Waals surface area contributed by atoms with Crippen LogP contribution in [0.4, 0.5) is 5.69 Å². The average molecular weight is 528 g/mol. The van der Waals surface area contributed by atoms with Gasteiger partial charge in [0, 0.05) is 16.6 Å². The Hall–Kier alpha value is -3.98. The van der Waals surface area contributed by atoms with Crippen molar-refractivity contribution in [2.24, 2.45) is 10.1 Å². The third-order valence-electron chi connectivity index (χ3n) is 5.23. The van der Waals surface area contributed by atoms with Gasteiger partial charge in [0.05, 0.1) is 29.3 Å². The van der Waals surface area contributed by atoms with Crippen molar-refractivity contribution in [1.82, 2.24) is 15.0 Å². The van der Waals surface area contributed by atoms with E-state index in [-0.39, 0.29) is 0 Å². The van der Waals surface area contributed by atoms with E-state index in [2.05, 4.69) is 20.5 Å². The van der Waals surface area contributed by atoms with Crippen molar-refractivity contribution < 1.29 is 4.79 Å². The van der Waals surface area contributed by atoms with Crippen LogP contribution in [-0.4, -0.2) is 27.9 Å². The number of rotatable bonds is 6. The van der Waals surface area contributed by atoms with Crippen LogP contribution < -0.4 is 5.43 Å². The Morgan fingerprint density at radius 1 is 0.972 bits per heavy atom. The zero-order chi connectivity index (χ0) is 24.9. The van der Waals surface area contributed by atoms with E-state index in [4.69, 9.17) is 23.8 Å². The maximum absolute atomic E-state index is 13.2. The molecule has 0 fully saturated rings. The Morgan fingerprint density at radius 2 is 1.67 bits per heavy atom. The summed E-state index contributed by atoms with van der Waals surface area (Å²) in [5.41, 5.74) is 6.13. The van der Waals surface area contributed by atoms with Gasteiger partial charge in [-0.05, 0) is 48.6 Å². The maximum Gasteiger partial charge on any atom is 0.283 e.